The molecule has 0 bridgehead atoms. The van der Waals surface area contributed by atoms with Crippen LogP contribution in [0.25, 0.3) is 0 Å². The fourth-order valence-electron chi connectivity index (χ4n) is 2.12. The minimum atomic E-state index is -0.884. The highest BCUT2D eigenvalue weighted by atomic mass is 16.5. The van der Waals surface area contributed by atoms with Gasteiger partial charge >= 0.3 is 5.97 Å². The van der Waals surface area contributed by atoms with E-state index in [0.717, 1.165) is 5.56 Å². The molecule has 23 heavy (non-hydrogen) atoms. The minimum absolute atomic E-state index is 0.0632. The van der Waals surface area contributed by atoms with E-state index >= 15 is 0 Å². The maximum atomic E-state index is 12.3. The smallest absolute Gasteiger partial charge is 0.338 e. The summed E-state index contributed by atoms with van der Waals surface area (Å²) in [6.45, 7) is 1.99. The number of likely N-dealkylation sites (N-methyl/N-ethyl adjacent to an activating group) is 1. The van der Waals surface area contributed by atoms with Crippen LogP contribution in [0.4, 0.5) is 0 Å². The third-order valence-corrected chi connectivity index (χ3v) is 3.37. The van der Waals surface area contributed by atoms with E-state index in [-0.39, 0.29) is 17.2 Å². The molecule has 0 heterocycles. The van der Waals surface area contributed by atoms with Gasteiger partial charge < -0.3 is 14.7 Å². The molecule has 0 radical (unpaired) electrons. The molecule has 2 aromatic carbocycles. The summed E-state index contributed by atoms with van der Waals surface area (Å²) in [5.74, 6) is -0.812. The summed E-state index contributed by atoms with van der Waals surface area (Å²) in [4.78, 5) is 25.8. The van der Waals surface area contributed by atoms with Crippen LogP contribution in [0.1, 0.15) is 22.8 Å². The highest BCUT2D eigenvalue weighted by molar-refractivity contribution is 5.92. The third kappa shape index (κ3) is 4.57. The zero-order chi connectivity index (χ0) is 16.8. The lowest BCUT2D eigenvalue weighted by atomic mass is 10.2. The Morgan fingerprint density at radius 3 is 2.30 bits per heavy atom. The number of phenolic OH excluding ortho intramolecular Hbond substituents is 1. The number of carbonyl (C=O) groups is 2. The van der Waals surface area contributed by atoms with Crippen LogP contribution in [0.3, 0.4) is 0 Å². The number of benzene rings is 2. The molecule has 0 aliphatic rings. The number of esters is 1. The predicted molar refractivity (Wildman–Crippen MR) is 85.9 cm³/mol. The molecule has 0 unspecified atom stereocenters. The third-order valence-electron chi connectivity index (χ3n) is 3.37. The van der Waals surface area contributed by atoms with E-state index in [1.165, 1.54) is 29.2 Å². The lowest BCUT2D eigenvalue weighted by Gasteiger charge is -2.21. The number of amides is 1. The van der Waals surface area contributed by atoms with Crippen LogP contribution in [-0.4, -0.2) is 35.0 Å². The Hall–Kier alpha value is -2.82. The molecule has 1 atom stereocenters. The number of nitrogens with zero attached hydrogens (tertiary/aromatic N) is 1. The van der Waals surface area contributed by atoms with Crippen molar-refractivity contribution in [2.24, 2.45) is 0 Å². The largest absolute Gasteiger partial charge is 0.508 e. The number of hydrogen-bond acceptors (Lipinski definition) is 4. The van der Waals surface area contributed by atoms with Gasteiger partial charge in [0, 0.05) is 13.6 Å². The summed E-state index contributed by atoms with van der Waals surface area (Å²) < 4.78 is 5.19. The first-order valence-electron chi connectivity index (χ1n) is 7.26. The number of carbonyl (C=O) groups excluding carboxylic acids is 2. The van der Waals surface area contributed by atoms with Crippen LogP contribution in [0.15, 0.2) is 54.6 Å². The van der Waals surface area contributed by atoms with E-state index in [0.29, 0.717) is 6.54 Å². The zero-order valence-electron chi connectivity index (χ0n) is 13.1. The van der Waals surface area contributed by atoms with Crippen molar-refractivity contribution in [2.75, 3.05) is 7.05 Å². The summed E-state index contributed by atoms with van der Waals surface area (Å²) in [5.41, 5.74) is 1.29. The van der Waals surface area contributed by atoms with Gasteiger partial charge in [-0.25, -0.2) is 4.79 Å². The van der Waals surface area contributed by atoms with E-state index in [4.69, 9.17) is 4.74 Å². The van der Waals surface area contributed by atoms with Crippen molar-refractivity contribution in [3.63, 3.8) is 0 Å². The van der Waals surface area contributed by atoms with Crippen molar-refractivity contribution in [1.82, 2.24) is 4.90 Å². The molecule has 0 aliphatic heterocycles. The maximum absolute atomic E-state index is 12.3. The van der Waals surface area contributed by atoms with Crippen LogP contribution in [0.2, 0.25) is 0 Å². The minimum Gasteiger partial charge on any atom is -0.508 e. The fraction of sp³-hybridized carbons (Fsp3) is 0.222. The molecular weight excluding hydrogens is 294 g/mol. The van der Waals surface area contributed by atoms with Crippen LogP contribution in [-0.2, 0) is 16.1 Å². The first-order chi connectivity index (χ1) is 11.0. The van der Waals surface area contributed by atoms with E-state index in [2.05, 4.69) is 0 Å². The summed E-state index contributed by atoms with van der Waals surface area (Å²) >= 11 is 0. The predicted octanol–water partition coefficient (Wildman–Crippen LogP) is 2.60. The van der Waals surface area contributed by atoms with Crippen LogP contribution in [0, 0.1) is 0 Å². The quantitative estimate of drug-likeness (QED) is 0.862. The standard InChI is InChI=1S/C18H19NO4/c1-13(23-18(22)15-8-10-16(20)11-9-15)17(21)19(2)12-14-6-4-3-5-7-14/h3-11,13,20H,12H2,1-2H3/t13-/m1/s1. The SMILES string of the molecule is C[C@@H](OC(=O)c1ccc(O)cc1)C(=O)N(C)Cc1ccccc1. The Balaban J connectivity index is 1.93. The van der Waals surface area contributed by atoms with Crippen molar-refractivity contribution in [3.05, 3.63) is 65.7 Å². The van der Waals surface area contributed by atoms with Gasteiger partial charge in [0.05, 0.1) is 5.56 Å². The highest BCUT2D eigenvalue weighted by Gasteiger charge is 2.22. The van der Waals surface area contributed by atoms with Gasteiger partial charge in [0.15, 0.2) is 6.10 Å². The fourth-order valence-corrected chi connectivity index (χ4v) is 2.12. The number of aromatic hydroxyl groups is 1. The molecule has 0 saturated heterocycles. The summed E-state index contributed by atoms with van der Waals surface area (Å²) in [7, 11) is 1.67. The molecule has 0 aliphatic carbocycles. The molecule has 2 aromatic rings. The van der Waals surface area contributed by atoms with Crippen molar-refractivity contribution >= 4 is 11.9 Å². The van der Waals surface area contributed by atoms with Crippen LogP contribution >= 0.6 is 0 Å². The molecule has 2 rings (SSSR count). The Bertz CT molecular complexity index is 667. The second-order valence-electron chi connectivity index (χ2n) is 5.27. The Labute approximate surface area is 135 Å². The summed E-state index contributed by atoms with van der Waals surface area (Å²) in [6, 6.07) is 15.3. The van der Waals surface area contributed by atoms with E-state index in [1.54, 1.807) is 14.0 Å². The van der Waals surface area contributed by atoms with E-state index in [1.807, 2.05) is 30.3 Å². The van der Waals surface area contributed by atoms with Gasteiger partial charge in [-0.05, 0) is 36.8 Å². The zero-order valence-corrected chi connectivity index (χ0v) is 13.1. The number of hydrogen-bond donors (Lipinski definition) is 1. The van der Waals surface area contributed by atoms with E-state index < -0.39 is 12.1 Å². The summed E-state index contributed by atoms with van der Waals surface area (Å²) in [6.07, 6.45) is -0.884. The first-order valence-corrected chi connectivity index (χ1v) is 7.26. The second kappa shape index (κ2) is 7.45. The van der Waals surface area contributed by atoms with Crippen molar-refractivity contribution < 1.29 is 19.4 Å². The van der Waals surface area contributed by atoms with Crippen molar-refractivity contribution in [1.29, 1.82) is 0 Å². The number of phenols is 1. The van der Waals surface area contributed by atoms with Gasteiger partial charge in [0.2, 0.25) is 0 Å². The van der Waals surface area contributed by atoms with Gasteiger partial charge in [0.25, 0.3) is 5.91 Å². The Kier molecular flexibility index (Phi) is 5.36. The second-order valence-corrected chi connectivity index (χ2v) is 5.27. The van der Waals surface area contributed by atoms with Crippen molar-refractivity contribution in [2.45, 2.75) is 19.6 Å². The monoisotopic (exact) mass is 313 g/mol. The topological polar surface area (TPSA) is 66.8 Å². The highest BCUT2D eigenvalue weighted by Crippen LogP contribution is 2.12. The molecule has 1 amide bonds. The maximum Gasteiger partial charge on any atom is 0.338 e. The average Bonchev–Trinajstić information content (AvgIpc) is 2.55. The first kappa shape index (κ1) is 16.5. The Morgan fingerprint density at radius 2 is 1.70 bits per heavy atom. The lowest BCUT2D eigenvalue weighted by Crippen LogP contribution is -2.37. The van der Waals surface area contributed by atoms with Gasteiger partial charge in [0.1, 0.15) is 5.75 Å². The molecular formula is C18H19NO4. The van der Waals surface area contributed by atoms with Gasteiger partial charge in [-0.15, -0.1) is 0 Å². The molecule has 0 fully saturated rings. The van der Waals surface area contributed by atoms with Crippen molar-refractivity contribution in [3.8, 4) is 5.75 Å². The normalized spacial score (nSPS) is 11.6. The van der Waals surface area contributed by atoms with E-state index in [9.17, 15) is 14.7 Å². The average molecular weight is 313 g/mol. The van der Waals surface area contributed by atoms with Gasteiger partial charge in [-0.1, -0.05) is 30.3 Å². The Morgan fingerprint density at radius 1 is 1.09 bits per heavy atom. The molecule has 0 spiro atoms. The van der Waals surface area contributed by atoms with Gasteiger partial charge in [-0.3, -0.25) is 4.79 Å². The molecule has 0 aromatic heterocycles. The van der Waals surface area contributed by atoms with Gasteiger partial charge in [-0.2, -0.15) is 0 Å². The molecule has 1 N–H and O–H groups in total. The number of rotatable bonds is 5. The number of ether oxygens (including phenoxy) is 1. The molecule has 5 nitrogen and oxygen atoms in total. The summed E-state index contributed by atoms with van der Waals surface area (Å²) in [5, 5.41) is 9.21. The molecule has 5 heteroatoms. The molecule has 120 valence electrons. The van der Waals surface area contributed by atoms with Crippen LogP contribution in [0.5, 0.6) is 5.75 Å². The molecule has 0 saturated carbocycles. The lowest BCUT2D eigenvalue weighted by molar-refractivity contribution is -0.139. The van der Waals surface area contributed by atoms with Crippen LogP contribution < -0.4 is 0 Å².